The van der Waals surface area contributed by atoms with Gasteiger partial charge < -0.3 is 14.5 Å². The first-order valence-electron chi connectivity index (χ1n) is 9.94. The molecule has 6 nitrogen and oxygen atoms in total. The van der Waals surface area contributed by atoms with Crippen LogP contribution >= 0.6 is 0 Å². The first-order valence-corrected chi connectivity index (χ1v) is 9.94. The number of likely N-dealkylation sites (tertiary alicyclic amines) is 1. The number of carbonyl (C=O) groups is 1. The summed E-state index contributed by atoms with van der Waals surface area (Å²) in [6.45, 7) is 4.85. The Kier molecular flexibility index (Phi) is 4.95. The summed E-state index contributed by atoms with van der Waals surface area (Å²) in [5, 5.41) is 14.3. The zero-order valence-corrected chi connectivity index (χ0v) is 16.3. The minimum Gasteiger partial charge on any atom is -0.392 e. The van der Waals surface area contributed by atoms with Gasteiger partial charge in [0.2, 0.25) is 17.6 Å². The van der Waals surface area contributed by atoms with Crippen LogP contribution in [0.25, 0.3) is 11.4 Å². The number of hydrogen-bond acceptors (Lipinski definition) is 5. The minimum absolute atomic E-state index is 0.132. The Labute approximate surface area is 163 Å². The van der Waals surface area contributed by atoms with Crippen LogP contribution in [0.3, 0.4) is 0 Å². The molecule has 1 N–H and O–H groups in total. The summed E-state index contributed by atoms with van der Waals surface area (Å²) in [6.07, 6.45) is 3.19. The largest absolute Gasteiger partial charge is 0.392 e. The van der Waals surface area contributed by atoms with Gasteiger partial charge in [0, 0.05) is 42.3 Å². The van der Waals surface area contributed by atoms with Gasteiger partial charge in [-0.1, -0.05) is 19.0 Å². The molecule has 1 aromatic heterocycles. The number of hydrogen-bond donors (Lipinski definition) is 1. The molecule has 0 bridgehead atoms. The number of aliphatic hydroxyl groups is 1. The van der Waals surface area contributed by atoms with Crippen LogP contribution in [-0.4, -0.2) is 44.7 Å². The average Bonchev–Trinajstić information content (AvgIpc) is 3.16. The van der Waals surface area contributed by atoms with Crippen LogP contribution in [0.15, 0.2) is 28.8 Å². The molecule has 0 unspecified atom stereocenters. The normalized spacial score (nSPS) is 25.9. The van der Waals surface area contributed by atoms with Gasteiger partial charge in [-0.2, -0.15) is 4.98 Å². The van der Waals surface area contributed by atoms with E-state index in [9.17, 15) is 14.3 Å². The number of nitrogens with zero attached hydrogens (tertiary/aromatic N) is 3. The number of aryl methyl sites for hydroxylation is 1. The molecule has 0 radical (unpaired) electrons. The number of aliphatic hydroxyl groups excluding tert-OH is 1. The molecule has 150 valence electrons. The molecular weight excluding hydrogens is 361 g/mol. The Morgan fingerprint density at radius 2 is 2.11 bits per heavy atom. The third kappa shape index (κ3) is 3.32. The summed E-state index contributed by atoms with van der Waals surface area (Å²) in [5.41, 5.74) is 0.453. The van der Waals surface area contributed by atoms with Crippen molar-refractivity contribution in [2.75, 3.05) is 6.54 Å². The van der Waals surface area contributed by atoms with Gasteiger partial charge in [0.15, 0.2) is 0 Å². The number of fused-ring (bicyclic) bond motifs is 1. The van der Waals surface area contributed by atoms with Crippen molar-refractivity contribution in [2.24, 2.45) is 11.3 Å². The van der Waals surface area contributed by atoms with E-state index in [0.717, 1.165) is 19.4 Å². The van der Waals surface area contributed by atoms with Gasteiger partial charge in [-0.3, -0.25) is 4.79 Å². The van der Waals surface area contributed by atoms with Crippen molar-refractivity contribution in [3.63, 3.8) is 0 Å². The highest BCUT2D eigenvalue weighted by atomic mass is 19.1. The third-order valence-corrected chi connectivity index (χ3v) is 6.28. The van der Waals surface area contributed by atoms with E-state index in [2.05, 4.69) is 10.1 Å². The summed E-state index contributed by atoms with van der Waals surface area (Å²) < 4.78 is 18.3. The third-order valence-electron chi connectivity index (χ3n) is 6.28. The Hall–Kier alpha value is -2.28. The summed E-state index contributed by atoms with van der Waals surface area (Å²) in [6, 6.07) is 6.06. The number of aromatic nitrogens is 2. The van der Waals surface area contributed by atoms with E-state index in [1.807, 2.05) is 18.7 Å². The lowest BCUT2D eigenvalue weighted by molar-refractivity contribution is -0.197. The lowest BCUT2D eigenvalue weighted by Crippen LogP contribution is -2.71. The first-order chi connectivity index (χ1) is 13.4. The topological polar surface area (TPSA) is 79.5 Å². The monoisotopic (exact) mass is 387 g/mol. The Bertz CT molecular complexity index is 849. The molecule has 1 aliphatic carbocycles. The number of piperidine rings is 1. The van der Waals surface area contributed by atoms with Crippen molar-refractivity contribution < 1.29 is 18.8 Å². The molecule has 1 aromatic carbocycles. The van der Waals surface area contributed by atoms with Crippen molar-refractivity contribution in [1.29, 1.82) is 0 Å². The van der Waals surface area contributed by atoms with Crippen LogP contribution in [0.4, 0.5) is 4.39 Å². The van der Waals surface area contributed by atoms with Crippen molar-refractivity contribution in [2.45, 2.75) is 58.1 Å². The van der Waals surface area contributed by atoms with Gasteiger partial charge in [-0.05, 0) is 43.5 Å². The maximum atomic E-state index is 13.0. The van der Waals surface area contributed by atoms with E-state index >= 15 is 0 Å². The van der Waals surface area contributed by atoms with Gasteiger partial charge in [-0.15, -0.1) is 0 Å². The number of amides is 1. The van der Waals surface area contributed by atoms with Gasteiger partial charge in [0.1, 0.15) is 5.82 Å². The quantitative estimate of drug-likeness (QED) is 0.852. The second-order valence-electron chi connectivity index (χ2n) is 8.48. The summed E-state index contributed by atoms with van der Waals surface area (Å²) >= 11 is 0. The maximum Gasteiger partial charge on any atom is 0.226 e. The summed E-state index contributed by atoms with van der Waals surface area (Å²) in [5.74, 6) is 0.927. The van der Waals surface area contributed by atoms with E-state index in [1.165, 1.54) is 12.1 Å². The lowest BCUT2D eigenvalue weighted by atomic mass is 9.54. The molecule has 1 amide bonds. The molecule has 28 heavy (non-hydrogen) atoms. The van der Waals surface area contributed by atoms with Crippen molar-refractivity contribution in [3.8, 4) is 11.4 Å². The molecule has 3 atom stereocenters. The fourth-order valence-corrected chi connectivity index (χ4v) is 4.80. The van der Waals surface area contributed by atoms with E-state index in [-0.39, 0.29) is 35.2 Å². The Balaban J connectivity index is 1.32. The molecule has 2 heterocycles. The molecule has 4 rings (SSSR count). The molecule has 0 spiro atoms. The highest BCUT2D eigenvalue weighted by molar-refractivity contribution is 5.77. The summed E-state index contributed by atoms with van der Waals surface area (Å²) in [4.78, 5) is 19.1. The Morgan fingerprint density at radius 1 is 1.36 bits per heavy atom. The van der Waals surface area contributed by atoms with Gasteiger partial charge in [0.05, 0.1) is 6.10 Å². The van der Waals surface area contributed by atoms with Crippen LogP contribution < -0.4 is 0 Å². The smallest absolute Gasteiger partial charge is 0.226 e. The predicted octanol–water partition coefficient (Wildman–Crippen LogP) is 3.21. The fraction of sp³-hybridized carbons (Fsp3) is 0.571. The Morgan fingerprint density at radius 3 is 2.86 bits per heavy atom. The SMILES string of the molecule is CC1(C)[C@@H](O)[C@H]2CCCN(C(=O)CCCc3nc(-c4ccc(F)cc4)no3)[C@H]21. The van der Waals surface area contributed by atoms with Crippen LogP contribution in [0.2, 0.25) is 0 Å². The zero-order chi connectivity index (χ0) is 19.9. The molecular formula is C21H26FN3O3. The highest BCUT2D eigenvalue weighted by Gasteiger charge is 2.59. The van der Waals surface area contributed by atoms with Crippen LogP contribution in [0.1, 0.15) is 45.4 Å². The molecule has 2 aliphatic rings. The van der Waals surface area contributed by atoms with Gasteiger partial charge >= 0.3 is 0 Å². The number of benzene rings is 1. The van der Waals surface area contributed by atoms with Crippen molar-refractivity contribution in [3.05, 3.63) is 36.0 Å². The zero-order valence-electron chi connectivity index (χ0n) is 16.3. The highest BCUT2D eigenvalue weighted by Crippen LogP contribution is 2.52. The van der Waals surface area contributed by atoms with Crippen LogP contribution in [0, 0.1) is 17.2 Å². The van der Waals surface area contributed by atoms with E-state index < -0.39 is 0 Å². The van der Waals surface area contributed by atoms with Gasteiger partial charge in [-0.25, -0.2) is 4.39 Å². The molecule has 7 heteroatoms. The number of carbonyl (C=O) groups excluding carboxylic acids is 1. The summed E-state index contributed by atoms with van der Waals surface area (Å²) in [7, 11) is 0. The molecule has 1 aliphatic heterocycles. The minimum atomic E-state index is -0.323. The lowest BCUT2D eigenvalue weighted by Gasteiger charge is -2.62. The van der Waals surface area contributed by atoms with E-state index in [4.69, 9.17) is 4.52 Å². The van der Waals surface area contributed by atoms with Gasteiger partial charge in [0.25, 0.3) is 0 Å². The standard InChI is InChI=1S/C21H26FN3O3/c1-21(2)18-15(19(21)27)5-4-12-25(18)17(26)7-3-6-16-23-20(24-28-16)13-8-10-14(22)11-9-13/h8-11,15,18-19,27H,3-7,12H2,1-2H3/t15-,18+,19-/m0/s1. The maximum absolute atomic E-state index is 13.0. The molecule has 1 saturated carbocycles. The molecule has 2 aromatic rings. The fourth-order valence-electron chi connectivity index (χ4n) is 4.80. The number of rotatable bonds is 5. The average molecular weight is 387 g/mol. The van der Waals surface area contributed by atoms with E-state index in [0.29, 0.717) is 36.5 Å². The van der Waals surface area contributed by atoms with E-state index in [1.54, 1.807) is 12.1 Å². The molecule has 1 saturated heterocycles. The second-order valence-corrected chi connectivity index (χ2v) is 8.48. The van der Waals surface area contributed by atoms with Crippen molar-refractivity contribution >= 4 is 5.91 Å². The number of halogens is 1. The molecule has 2 fully saturated rings. The first kappa shape index (κ1) is 19.1. The predicted molar refractivity (Wildman–Crippen MR) is 101 cm³/mol. The van der Waals surface area contributed by atoms with Crippen LogP contribution in [-0.2, 0) is 11.2 Å². The van der Waals surface area contributed by atoms with Crippen molar-refractivity contribution in [1.82, 2.24) is 15.0 Å². The van der Waals surface area contributed by atoms with Crippen LogP contribution in [0.5, 0.6) is 0 Å². The second kappa shape index (κ2) is 7.28.